The minimum Gasteiger partial charge on any atom is -0.509 e. The number of phenols is 1. The van der Waals surface area contributed by atoms with Gasteiger partial charge in [-0.15, -0.1) is 0 Å². The Labute approximate surface area is 154 Å². The maximum Gasteiger partial charge on any atom is 0.143 e. The fraction of sp³-hybridized carbons (Fsp3) is 0.0556. The van der Waals surface area contributed by atoms with Gasteiger partial charge in [-0.25, -0.2) is 0 Å². The first-order valence-corrected chi connectivity index (χ1v) is 8.64. The van der Waals surface area contributed by atoms with E-state index in [4.69, 9.17) is 4.98 Å². The fourth-order valence-electron chi connectivity index (χ4n) is 3.40. The van der Waals surface area contributed by atoms with Crippen LogP contribution < -0.4 is 27.3 Å². The Morgan fingerprint density at radius 1 is 0.840 bits per heavy atom. The van der Waals surface area contributed by atoms with Crippen LogP contribution in [0.2, 0.25) is 0 Å². The van der Waals surface area contributed by atoms with E-state index in [0.717, 1.165) is 38.7 Å². The van der Waals surface area contributed by atoms with Crippen molar-refractivity contribution in [3.8, 4) is 28.1 Å². The molecule has 0 atom stereocenters. The van der Waals surface area contributed by atoms with Crippen molar-refractivity contribution in [1.29, 1.82) is 0 Å². The summed E-state index contributed by atoms with van der Waals surface area (Å²) in [7, 11) is 10.2. The van der Waals surface area contributed by atoms with Gasteiger partial charge in [-0.05, 0) is 24.1 Å². The standard InChI is InChI=1S/C18H20B5NO/c1-8-6-12(9-2-4-10(19)5-3-9)24-7-11(8)13-14(20)16(22)18(25)17(23)15(13)21/h2-7,25H,19-23H2,1H3. The summed E-state index contributed by atoms with van der Waals surface area (Å²) in [4.78, 5) is 4.72. The Morgan fingerprint density at radius 3 is 1.92 bits per heavy atom. The zero-order valence-electron chi connectivity index (χ0n) is 15.9. The summed E-state index contributed by atoms with van der Waals surface area (Å²) in [5, 5.41) is 10.3. The van der Waals surface area contributed by atoms with Gasteiger partial charge in [-0.2, -0.15) is 0 Å². The highest BCUT2D eigenvalue weighted by molar-refractivity contribution is 6.61. The molecule has 0 saturated heterocycles. The molecule has 0 radical (unpaired) electrons. The van der Waals surface area contributed by atoms with E-state index < -0.39 is 0 Å². The van der Waals surface area contributed by atoms with Crippen molar-refractivity contribution in [2.24, 2.45) is 0 Å². The average molecular weight is 320 g/mol. The van der Waals surface area contributed by atoms with Gasteiger partial charge in [0.25, 0.3) is 0 Å². The molecule has 0 aliphatic heterocycles. The number of aromatic hydroxyl groups is 1. The molecule has 2 aromatic carbocycles. The first kappa shape index (κ1) is 17.5. The van der Waals surface area contributed by atoms with Crippen molar-refractivity contribution in [1.82, 2.24) is 4.98 Å². The maximum atomic E-state index is 10.3. The number of hydrogen-bond donors (Lipinski definition) is 1. The molecule has 0 aliphatic carbocycles. The van der Waals surface area contributed by atoms with E-state index in [0.29, 0.717) is 5.75 Å². The second-order valence-electron chi connectivity index (χ2n) is 6.97. The predicted octanol–water partition coefficient (Wildman–Crippen LogP) is -4.28. The van der Waals surface area contributed by atoms with E-state index in [1.54, 1.807) is 0 Å². The summed E-state index contributed by atoms with van der Waals surface area (Å²) in [5.74, 6) is 0.403. The van der Waals surface area contributed by atoms with E-state index in [9.17, 15) is 5.11 Å². The van der Waals surface area contributed by atoms with Crippen LogP contribution in [0.15, 0.2) is 36.5 Å². The van der Waals surface area contributed by atoms with Crippen LogP contribution in [0.25, 0.3) is 22.4 Å². The Bertz CT molecular complexity index is 941. The van der Waals surface area contributed by atoms with Crippen LogP contribution in [0, 0.1) is 6.92 Å². The second kappa shape index (κ2) is 6.55. The van der Waals surface area contributed by atoms with E-state index in [1.165, 1.54) is 16.6 Å². The Hall–Kier alpha value is -2.29. The van der Waals surface area contributed by atoms with Gasteiger partial charge in [-0.1, -0.05) is 51.6 Å². The number of benzene rings is 2. The van der Waals surface area contributed by atoms with E-state index >= 15 is 0 Å². The Kier molecular flexibility index (Phi) is 4.59. The highest BCUT2D eigenvalue weighted by atomic mass is 16.3. The summed E-state index contributed by atoms with van der Waals surface area (Å²) in [6.07, 6.45) is 1.97. The summed E-state index contributed by atoms with van der Waals surface area (Å²) < 4.78 is 0. The lowest BCUT2D eigenvalue weighted by molar-refractivity contribution is 0.484. The van der Waals surface area contributed by atoms with Crippen molar-refractivity contribution in [2.45, 2.75) is 6.92 Å². The van der Waals surface area contributed by atoms with Crippen molar-refractivity contribution >= 4 is 66.5 Å². The molecule has 0 saturated carbocycles. The van der Waals surface area contributed by atoms with Gasteiger partial charge in [0.2, 0.25) is 0 Å². The van der Waals surface area contributed by atoms with Crippen LogP contribution >= 0.6 is 0 Å². The van der Waals surface area contributed by atoms with Crippen LogP contribution in [-0.2, 0) is 0 Å². The summed E-state index contributed by atoms with van der Waals surface area (Å²) in [6.45, 7) is 2.13. The molecule has 1 heterocycles. The van der Waals surface area contributed by atoms with Gasteiger partial charge in [-0.3, -0.25) is 4.98 Å². The topological polar surface area (TPSA) is 33.1 Å². The minimum atomic E-state index is 0.403. The van der Waals surface area contributed by atoms with E-state index in [1.807, 2.05) is 21.9 Å². The monoisotopic (exact) mass is 321 g/mol. The second-order valence-corrected chi connectivity index (χ2v) is 6.97. The molecule has 0 aliphatic rings. The third-order valence-electron chi connectivity index (χ3n) is 5.31. The van der Waals surface area contributed by atoms with Crippen LogP contribution in [0.5, 0.6) is 5.75 Å². The van der Waals surface area contributed by atoms with Gasteiger partial charge >= 0.3 is 0 Å². The molecule has 1 aromatic heterocycles. The van der Waals surface area contributed by atoms with Crippen molar-refractivity contribution in [3.05, 3.63) is 42.1 Å². The molecule has 0 fully saturated rings. The first-order valence-electron chi connectivity index (χ1n) is 8.64. The van der Waals surface area contributed by atoms with Crippen LogP contribution in [0.1, 0.15) is 5.56 Å². The third-order valence-corrected chi connectivity index (χ3v) is 5.31. The van der Waals surface area contributed by atoms with Crippen LogP contribution in [-0.4, -0.2) is 49.3 Å². The van der Waals surface area contributed by atoms with Gasteiger partial charge in [0.1, 0.15) is 45.0 Å². The molecule has 7 heteroatoms. The van der Waals surface area contributed by atoms with Crippen molar-refractivity contribution in [3.63, 3.8) is 0 Å². The minimum absolute atomic E-state index is 0.403. The molecule has 25 heavy (non-hydrogen) atoms. The molecule has 0 bridgehead atoms. The largest absolute Gasteiger partial charge is 0.509 e. The number of pyridine rings is 1. The van der Waals surface area contributed by atoms with E-state index in [2.05, 4.69) is 60.8 Å². The predicted molar refractivity (Wildman–Crippen MR) is 122 cm³/mol. The molecule has 0 amide bonds. The number of hydrogen-bond acceptors (Lipinski definition) is 2. The van der Waals surface area contributed by atoms with Crippen LogP contribution in [0.3, 0.4) is 0 Å². The molecule has 3 aromatic rings. The molecule has 3 rings (SSSR count). The number of aryl methyl sites for hydroxylation is 1. The molecular formula is C18H20B5NO. The quantitative estimate of drug-likeness (QED) is 0.485. The highest BCUT2D eigenvalue weighted by Gasteiger charge is 2.16. The van der Waals surface area contributed by atoms with Gasteiger partial charge in [0.15, 0.2) is 0 Å². The molecule has 0 unspecified atom stereocenters. The number of nitrogens with zero attached hydrogens (tertiary/aromatic N) is 1. The fourth-order valence-corrected chi connectivity index (χ4v) is 3.40. The summed E-state index contributed by atoms with van der Waals surface area (Å²) in [5.41, 5.74) is 11.0. The lowest BCUT2D eigenvalue weighted by Gasteiger charge is -2.20. The zero-order valence-corrected chi connectivity index (χ0v) is 15.9. The highest BCUT2D eigenvalue weighted by Crippen LogP contribution is 2.24. The lowest BCUT2D eigenvalue weighted by atomic mass is 9.65. The number of aromatic nitrogens is 1. The number of phenolic OH excluding ortho intramolecular Hbond substituents is 1. The molecular weight excluding hydrogens is 300 g/mol. The Morgan fingerprint density at radius 2 is 1.40 bits per heavy atom. The van der Waals surface area contributed by atoms with Gasteiger partial charge < -0.3 is 5.11 Å². The summed E-state index contributed by atoms with van der Waals surface area (Å²) in [6, 6.07) is 10.6. The van der Waals surface area contributed by atoms with Gasteiger partial charge in [0.05, 0.1) is 5.69 Å². The number of rotatable bonds is 2. The molecule has 0 spiro atoms. The lowest BCUT2D eigenvalue weighted by Crippen LogP contribution is -2.42. The van der Waals surface area contributed by atoms with Crippen LogP contribution in [0.4, 0.5) is 0 Å². The first-order chi connectivity index (χ1) is 11.8. The maximum absolute atomic E-state index is 10.3. The SMILES string of the molecule is Bc1ccc(-c2cc(C)c(-c3c(B)c(B)c(O)c(B)c3B)cn2)cc1. The molecule has 1 N–H and O–H groups in total. The summed E-state index contributed by atoms with van der Waals surface area (Å²) >= 11 is 0. The normalized spacial score (nSPS) is 10.8. The van der Waals surface area contributed by atoms with E-state index in [-0.39, 0.29) is 0 Å². The zero-order chi connectivity index (χ0) is 18.3. The van der Waals surface area contributed by atoms with Crippen molar-refractivity contribution in [2.75, 3.05) is 0 Å². The third kappa shape index (κ3) is 3.04. The Balaban J connectivity index is 2.16. The average Bonchev–Trinajstić information content (AvgIpc) is 2.60. The smallest absolute Gasteiger partial charge is 0.143 e. The molecule has 118 valence electrons. The molecule has 2 nitrogen and oxygen atoms in total. The van der Waals surface area contributed by atoms with Crippen molar-refractivity contribution < 1.29 is 5.11 Å². The van der Waals surface area contributed by atoms with Gasteiger partial charge in [0, 0.05) is 17.3 Å².